The van der Waals surface area contributed by atoms with Gasteiger partial charge < -0.3 is 14.8 Å². The Labute approximate surface area is 97.0 Å². The Kier molecular flexibility index (Phi) is 6.11. The molecule has 1 unspecified atom stereocenters. The molecule has 16 heavy (non-hydrogen) atoms. The quantitative estimate of drug-likeness (QED) is 0.421. The van der Waals surface area contributed by atoms with Crippen molar-refractivity contribution in [3.05, 3.63) is 11.6 Å². The number of nitrogens with one attached hydrogen (secondary N) is 1. The summed E-state index contributed by atoms with van der Waals surface area (Å²) >= 11 is 0. The monoisotopic (exact) mass is 227 g/mol. The molecule has 0 radical (unpaired) electrons. The Bertz CT molecular complexity index is 245. The van der Waals surface area contributed by atoms with Gasteiger partial charge in [-0.1, -0.05) is 13.0 Å². The lowest BCUT2D eigenvalue weighted by atomic mass is 10.2. The molecule has 1 N–H and O–H groups in total. The minimum absolute atomic E-state index is 0.235. The first-order valence-corrected chi connectivity index (χ1v) is 5.87. The molecule has 0 aromatic carbocycles. The smallest absolute Gasteiger partial charge is 0.333 e. The average Bonchev–Trinajstić information content (AvgIpc) is 2.81. The number of carbonyl (C=O) groups excluding carboxylic acids is 1. The molecule has 4 nitrogen and oxygen atoms in total. The summed E-state index contributed by atoms with van der Waals surface area (Å²) in [4.78, 5) is 11.3. The van der Waals surface area contributed by atoms with Crippen molar-refractivity contribution in [2.45, 2.75) is 32.3 Å². The summed E-state index contributed by atoms with van der Waals surface area (Å²) in [5, 5.41) is 3.26. The van der Waals surface area contributed by atoms with E-state index in [0.29, 0.717) is 19.1 Å². The molecule has 1 rings (SSSR count). The molecule has 1 aliphatic heterocycles. The van der Waals surface area contributed by atoms with Gasteiger partial charge in [0.05, 0.1) is 13.2 Å². The van der Waals surface area contributed by atoms with Crippen LogP contribution in [0.4, 0.5) is 0 Å². The predicted molar refractivity (Wildman–Crippen MR) is 62.2 cm³/mol. The molecule has 0 aromatic rings. The van der Waals surface area contributed by atoms with Crippen molar-refractivity contribution in [1.82, 2.24) is 5.32 Å². The highest BCUT2D eigenvalue weighted by Crippen LogP contribution is 2.10. The van der Waals surface area contributed by atoms with Crippen LogP contribution in [0.1, 0.15) is 26.2 Å². The van der Waals surface area contributed by atoms with Crippen molar-refractivity contribution in [1.29, 1.82) is 0 Å². The Hall–Kier alpha value is -0.870. The van der Waals surface area contributed by atoms with E-state index in [-0.39, 0.29) is 5.97 Å². The fraction of sp³-hybridized carbons (Fsp3) is 0.750. The molecule has 0 aliphatic carbocycles. The zero-order chi connectivity index (χ0) is 11.8. The molecule has 1 heterocycles. The summed E-state index contributed by atoms with van der Waals surface area (Å²) in [6.07, 6.45) is 5.23. The van der Waals surface area contributed by atoms with E-state index in [1.807, 2.05) is 13.0 Å². The van der Waals surface area contributed by atoms with Gasteiger partial charge in [0, 0.05) is 25.3 Å². The summed E-state index contributed by atoms with van der Waals surface area (Å²) in [5.41, 5.74) is 0.724. The van der Waals surface area contributed by atoms with Gasteiger partial charge in [-0.15, -0.1) is 0 Å². The zero-order valence-electron chi connectivity index (χ0n) is 10.1. The van der Waals surface area contributed by atoms with Crippen molar-refractivity contribution in [2.75, 3.05) is 26.8 Å². The molecule has 1 saturated heterocycles. The predicted octanol–water partition coefficient (Wildman–Crippen LogP) is 1.26. The standard InChI is InChI=1S/C12H21NO3/c1-3-10(12(14)15-2)6-7-13-9-11-5-4-8-16-11/h6,11,13H,3-5,7-9H2,1-2H3. The third kappa shape index (κ3) is 4.33. The van der Waals surface area contributed by atoms with Crippen LogP contribution < -0.4 is 5.32 Å². The highest BCUT2D eigenvalue weighted by atomic mass is 16.5. The normalized spacial score (nSPS) is 21.1. The maximum absolute atomic E-state index is 11.3. The van der Waals surface area contributed by atoms with Crippen LogP contribution in [0.2, 0.25) is 0 Å². The fourth-order valence-corrected chi connectivity index (χ4v) is 1.75. The minimum Gasteiger partial charge on any atom is -0.466 e. The van der Waals surface area contributed by atoms with Crippen molar-refractivity contribution in [3.8, 4) is 0 Å². The van der Waals surface area contributed by atoms with E-state index in [9.17, 15) is 4.79 Å². The summed E-state index contributed by atoms with van der Waals surface area (Å²) in [7, 11) is 1.41. The maximum Gasteiger partial charge on any atom is 0.333 e. The highest BCUT2D eigenvalue weighted by molar-refractivity contribution is 5.88. The van der Waals surface area contributed by atoms with Crippen LogP contribution in [0.15, 0.2) is 11.6 Å². The second kappa shape index (κ2) is 7.41. The third-order valence-corrected chi connectivity index (χ3v) is 2.72. The van der Waals surface area contributed by atoms with Gasteiger partial charge in [-0.2, -0.15) is 0 Å². The Morgan fingerprint density at radius 3 is 3.00 bits per heavy atom. The lowest BCUT2D eigenvalue weighted by molar-refractivity contribution is -0.136. The van der Waals surface area contributed by atoms with Gasteiger partial charge in [0.2, 0.25) is 0 Å². The second-order valence-electron chi connectivity index (χ2n) is 3.87. The Morgan fingerprint density at radius 1 is 1.62 bits per heavy atom. The zero-order valence-corrected chi connectivity index (χ0v) is 10.1. The van der Waals surface area contributed by atoms with Crippen LogP contribution in [-0.2, 0) is 14.3 Å². The number of carbonyl (C=O) groups is 1. The molecule has 0 aromatic heterocycles. The molecule has 0 spiro atoms. The lowest BCUT2D eigenvalue weighted by Gasteiger charge is -2.09. The van der Waals surface area contributed by atoms with E-state index in [1.165, 1.54) is 7.11 Å². The van der Waals surface area contributed by atoms with Crippen molar-refractivity contribution < 1.29 is 14.3 Å². The first kappa shape index (κ1) is 13.2. The second-order valence-corrected chi connectivity index (χ2v) is 3.87. The molecule has 1 fully saturated rings. The summed E-state index contributed by atoms with van der Waals surface area (Å²) in [6.45, 7) is 4.38. The van der Waals surface area contributed by atoms with Gasteiger partial charge in [-0.3, -0.25) is 0 Å². The Balaban J connectivity index is 2.20. The number of hydrogen-bond donors (Lipinski definition) is 1. The van der Waals surface area contributed by atoms with Crippen molar-refractivity contribution in [3.63, 3.8) is 0 Å². The minimum atomic E-state index is -0.235. The van der Waals surface area contributed by atoms with Crippen LogP contribution in [0, 0.1) is 0 Å². The average molecular weight is 227 g/mol. The molecule has 0 saturated carbocycles. The van der Waals surface area contributed by atoms with Gasteiger partial charge in [0.1, 0.15) is 0 Å². The molecule has 1 atom stereocenters. The van der Waals surface area contributed by atoms with Crippen molar-refractivity contribution in [2.24, 2.45) is 0 Å². The lowest BCUT2D eigenvalue weighted by Crippen LogP contribution is -2.26. The van der Waals surface area contributed by atoms with Crippen LogP contribution in [-0.4, -0.2) is 38.9 Å². The van der Waals surface area contributed by atoms with Gasteiger partial charge in [-0.05, 0) is 19.3 Å². The van der Waals surface area contributed by atoms with Gasteiger partial charge in [-0.25, -0.2) is 4.79 Å². The van der Waals surface area contributed by atoms with Crippen LogP contribution >= 0.6 is 0 Å². The molecule has 0 bridgehead atoms. The maximum atomic E-state index is 11.3. The molecular formula is C12H21NO3. The van der Waals surface area contributed by atoms with E-state index in [4.69, 9.17) is 4.74 Å². The Morgan fingerprint density at radius 2 is 2.44 bits per heavy atom. The number of esters is 1. The largest absolute Gasteiger partial charge is 0.466 e. The number of hydrogen-bond acceptors (Lipinski definition) is 4. The van der Waals surface area contributed by atoms with E-state index < -0.39 is 0 Å². The third-order valence-electron chi connectivity index (χ3n) is 2.72. The van der Waals surface area contributed by atoms with Crippen LogP contribution in [0.3, 0.4) is 0 Å². The molecule has 1 aliphatic rings. The summed E-state index contributed by atoms with van der Waals surface area (Å²) in [6, 6.07) is 0. The molecular weight excluding hydrogens is 206 g/mol. The van der Waals surface area contributed by atoms with Gasteiger partial charge >= 0.3 is 5.97 Å². The molecule has 4 heteroatoms. The van der Waals surface area contributed by atoms with Crippen LogP contribution in [0.5, 0.6) is 0 Å². The molecule has 0 amide bonds. The topological polar surface area (TPSA) is 47.6 Å². The summed E-state index contributed by atoms with van der Waals surface area (Å²) < 4.78 is 10.2. The number of rotatable bonds is 6. The van der Waals surface area contributed by atoms with Crippen molar-refractivity contribution >= 4 is 5.97 Å². The first-order chi connectivity index (χ1) is 7.77. The van der Waals surface area contributed by atoms with E-state index >= 15 is 0 Å². The van der Waals surface area contributed by atoms with E-state index in [0.717, 1.165) is 31.6 Å². The number of methoxy groups -OCH3 is 1. The van der Waals surface area contributed by atoms with E-state index in [2.05, 4.69) is 10.1 Å². The van der Waals surface area contributed by atoms with E-state index in [1.54, 1.807) is 0 Å². The SMILES string of the molecule is CCC(=CCNCC1CCCO1)C(=O)OC. The fourth-order valence-electron chi connectivity index (χ4n) is 1.75. The highest BCUT2D eigenvalue weighted by Gasteiger charge is 2.14. The van der Waals surface area contributed by atoms with Gasteiger partial charge in [0.25, 0.3) is 0 Å². The number of ether oxygens (including phenoxy) is 2. The first-order valence-electron chi connectivity index (χ1n) is 5.87. The summed E-state index contributed by atoms with van der Waals surface area (Å²) in [5.74, 6) is -0.235. The van der Waals surface area contributed by atoms with Crippen LogP contribution in [0.25, 0.3) is 0 Å². The molecule has 92 valence electrons. The van der Waals surface area contributed by atoms with Gasteiger partial charge in [0.15, 0.2) is 0 Å².